The molecule has 0 unspecified atom stereocenters. The standard InChI is InChI=1S/C20H15N3O2S/c1-13-21-20(25-23-13)15-7-5-14(6-8-15)19(24)22-18-4-2-3-16(11-18)17-9-10-26-12-17/h2-12H,1H3,(H,22,24). The van der Waals surface area contributed by atoms with Gasteiger partial charge in [-0.1, -0.05) is 17.3 Å². The summed E-state index contributed by atoms with van der Waals surface area (Å²) in [5.41, 5.74) is 4.32. The Kier molecular flexibility index (Phi) is 4.33. The van der Waals surface area contributed by atoms with E-state index in [-0.39, 0.29) is 5.91 Å². The number of anilines is 1. The number of nitrogens with one attached hydrogen (secondary N) is 1. The largest absolute Gasteiger partial charge is 0.334 e. The van der Waals surface area contributed by atoms with Crippen molar-refractivity contribution >= 4 is 22.9 Å². The number of hydrogen-bond donors (Lipinski definition) is 1. The molecular formula is C20H15N3O2S. The minimum absolute atomic E-state index is 0.166. The van der Waals surface area contributed by atoms with Crippen LogP contribution in [0.15, 0.2) is 69.9 Å². The van der Waals surface area contributed by atoms with E-state index in [1.165, 1.54) is 0 Å². The van der Waals surface area contributed by atoms with Crippen molar-refractivity contribution in [1.29, 1.82) is 0 Å². The number of thiophene rings is 1. The highest BCUT2D eigenvalue weighted by Crippen LogP contribution is 2.25. The van der Waals surface area contributed by atoms with Crippen LogP contribution >= 0.6 is 11.3 Å². The number of aryl methyl sites for hydroxylation is 1. The Labute approximate surface area is 154 Å². The molecular weight excluding hydrogens is 346 g/mol. The van der Waals surface area contributed by atoms with Crippen LogP contribution < -0.4 is 5.32 Å². The highest BCUT2D eigenvalue weighted by molar-refractivity contribution is 7.08. The molecule has 26 heavy (non-hydrogen) atoms. The first-order chi connectivity index (χ1) is 12.7. The van der Waals surface area contributed by atoms with Gasteiger partial charge in [0, 0.05) is 16.8 Å². The fourth-order valence-corrected chi connectivity index (χ4v) is 3.25. The number of hydrogen-bond acceptors (Lipinski definition) is 5. The van der Waals surface area contributed by atoms with E-state index in [0.717, 1.165) is 22.4 Å². The van der Waals surface area contributed by atoms with Crippen LogP contribution in [-0.2, 0) is 0 Å². The third-order valence-electron chi connectivity index (χ3n) is 3.90. The molecule has 0 saturated heterocycles. The molecule has 0 aliphatic carbocycles. The molecule has 0 bridgehead atoms. The summed E-state index contributed by atoms with van der Waals surface area (Å²) in [4.78, 5) is 16.7. The topological polar surface area (TPSA) is 68.0 Å². The average Bonchev–Trinajstić information content (AvgIpc) is 3.34. The van der Waals surface area contributed by atoms with Gasteiger partial charge in [-0.2, -0.15) is 16.3 Å². The SMILES string of the molecule is Cc1noc(-c2ccc(C(=O)Nc3cccc(-c4ccsc4)c3)cc2)n1. The van der Waals surface area contributed by atoms with Crippen molar-refractivity contribution in [2.24, 2.45) is 0 Å². The molecule has 4 aromatic rings. The zero-order chi connectivity index (χ0) is 17.9. The first-order valence-corrected chi connectivity index (χ1v) is 8.98. The second-order valence-electron chi connectivity index (χ2n) is 5.77. The van der Waals surface area contributed by atoms with Crippen LogP contribution in [-0.4, -0.2) is 16.0 Å². The highest BCUT2D eigenvalue weighted by Gasteiger charge is 2.10. The molecule has 1 N–H and O–H groups in total. The van der Waals surface area contributed by atoms with Crippen molar-refractivity contribution in [3.05, 3.63) is 76.7 Å². The van der Waals surface area contributed by atoms with Gasteiger partial charge >= 0.3 is 0 Å². The average molecular weight is 361 g/mol. The fraction of sp³-hybridized carbons (Fsp3) is 0.0500. The van der Waals surface area contributed by atoms with Crippen molar-refractivity contribution in [1.82, 2.24) is 10.1 Å². The molecule has 2 aromatic carbocycles. The molecule has 0 aliphatic heterocycles. The minimum Gasteiger partial charge on any atom is -0.334 e. The Morgan fingerprint density at radius 3 is 2.58 bits per heavy atom. The van der Waals surface area contributed by atoms with E-state index in [0.29, 0.717) is 17.3 Å². The Balaban J connectivity index is 1.51. The molecule has 0 saturated carbocycles. The summed E-state index contributed by atoms with van der Waals surface area (Å²) >= 11 is 1.65. The molecule has 2 heterocycles. The molecule has 2 aromatic heterocycles. The minimum atomic E-state index is -0.166. The van der Waals surface area contributed by atoms with E-state index in [9.17, 15) is 4.79 Å². The van der Waals surface area contributed by atoms with Gasteiger partial charge in [0.2, 0.25) is 0 Å². The van der Waals surface area contributed by atoms with Crippen LogP contribution in [0.5, 0.6) is 0 Å². The summed E-state index contributed by atoms with van der Waals surface area (Å²) in [6.07, 6.45) is 0. The van der Waals surface area contributed by atoms with Gasteiger partial charge in [-0.3, -0.25) is 4.79 Å². The summed E-state index contributed by atoms with van der Waals surface area (Å²) in [5.74, 6) is 0.853. The van der Waals surface area contributed by atoms with E-state index in [2.05, 4.69) is 26.9 Å². The molecule has 0 aliphatic rings. The van der Waals surface area contributed by atoms with Crippen LogP contribution in [0, 0.1) is 6.92 Å². The van der Waals surface area contributed by atoms with Crippen molar-refractivity contribution in [2.45, 2.75) is 6.92 Å². The molecule has 0 fully saturated rings. The third-order valence-corrected chi connectivity index (χ3v) is 4.58. The van der Waals surface area contributed by atoms with Gasteiger partial charge in [0.05, 0.1) is 0 Å². The van der Waals surface area contributed by atoms with Gasteiger partial charge in [0.15, 0.2) is 5.82 Å². The first kappa shape index (κ1) is 16.2. The number of amides is 1. The fourth-order valence-electron chi connectivity index (χ4n) is 2.59. The van der Waals surface area contributed by atoms with Gasteiger partial charge in [-0.15, -0.1) is 0 Å². The van der Waals surface area contributed by atoms with Crippen LogP contribution in [0.1, 0.15) is 16.2 Å². The summed E-state index contributed by atoms with van der Waals surface area (Å²) in [5, 5.41) is 10.8. The second kappa shape index (κ2) is 6.93. The van der Waals surface area contributed by atoms with E-state index in [1.807, 2.05) is 29.6 Å². The van der Waals surface area contributed by atoms with Gasteiger partial charge in [0.1, 0.15) is 0 Å². The highest BCUT2D eigenvalue weighted by atomic mass is 32.1. The number of benzene rings is 2. The van der Waals surface area contributed by atoms with Crippen molar-refractivity contribution in [3.63, 3.8) is 0 Å². The number of carbonyl (C=O) groups excluding carboxylic acids is 1. The normalized spacial score (nSPS) is 10.7. The van der Waals surface area contributed by atoms with E-state index >= 15 is 0 Å². The maximum absolute atomic E-state index is 12.5. The summed E-state index contributed by atoms with van der Waals surface area (Å²) < 4.78 is 5.13. The predicted molar refractivity (Wildman–Crippen MR) is 102 cm³/mol. The lowest BCUT2D eigenvalue weighted by Crippen LogP contribution is -2.11. The Hall–Kier alpha value is -3.25. The number of carbonyl (C=O) groups is 1. The zero-order valence-electron chi connectivity index (χ0n) is 14.0. The number of nitrogens with zero attached hydrogens (tertiary/aromatic N) is 2. The van der Waals surface area contributed by atoms with Crippen molar-refractivity contribution in [3.8, 4) is 22.6 Å². The molecule has 0 atom stereocenters. The van der Waals surface area contributed by atoms with Crippen molar-refractivity contribution in [2.75, 3.05) is 5.32 Å². The summed E-state index contributed by atoms with van der Waals surface area (Å²) in [6.45, 7) is 1.76. The summed E-state index contributed by atoms with van der Waals surface area (Å²) in [6, 6.07) is 16.9. The van der Waals surface area contributed by atoms with E-state index in [4.69, 9.17) is 4.52 Å². The quantitative estimate of drug-likeness (QED) is 0.554. The predicted octanol–water partition coefficient (Wildman–Crippen LogP) is 5.03. The molecule has 6 heteroatoms. The van der Waals surface area contributed by atoms with Gasteiger partial charge < -0.3 is 9.84 Å². The maximum Gasteiger partial charge on any atom is 0.257 e. The van der Waals surface area contributed by atoms with Crippen LogP contribution in [0.3, 0.4) is 0 Å². The molecule has 5 nitrogen and oxygen atoms in total. The smallest absolute Gasteiger partial charge is 0.257 e. The first-order valence-electron chi connectivity index (χ1n) is 8.04. The van der Waals surface area contributed by atoms with Gasteiger partial charge in [0.25, 0.3) is 11.8 Å². The van der Waals surface area contributed by atoms with Crippen LogP contribution in [0.2, 0.25) is 0 Å². The lowest BCUT2D eigenvalue weighted by Gasteiger charge is -2.07. The zero-order valence-corrected chi connectivity index (χ0v) is 14.8. The lowest BCUT2D eigenvalue weighted by molar-refractivity contribution is 0.102. The van der Waals surface area contributed by atoms with Crippen LogP contribution in [0.25, 0.3) is 22.6 Å². The molecule has 4 rings (SSSR count). The van der Waals surface area contributed by atoms with E-state index in [1.54, 1.807) is 42.5 Å². The second-order valence-corrected chi connectivity index (χ2v) is 6.55. The molecule has 0 spiro atoms. The lowest BCUT2D eigenvalue weighted by atomic mass is 10.1. The van der Waals surface area contributed by atoms with Crippen LogP contribution in [0.4, 0.5) is 5.69 Å². The monoisotopic (exact) mass is 361 g/mol. The number of rotatable bonds is 4. The molecule has 0 radical (unpaired) electrons. The Bertz CT molecular complexity index is 1040. The van der Waals surface area contributed by atoms with Gasteiger partial charge in [-0.05, 0) is 71.3 Å². The Morgan fingerprint density at radius 2 is 1.88 bits per heavy atom. The maximum atomic E-state index is 12.5. The Morgan fingerprint density at radius 1 is 1.04 bits per heavy atom. The van der Waals surface area contributed by atoms with E-state index < -0.39 is 0 Å². The number of aromatic nitrogens is 2. The molecule has 1 amide bonds. The molecule has 128 valence electrons. The van der Waals surface area contributed by atoms with Crippen molar-refractivity contribution < 1.29 is 9.32 Å². The third kappa shape index (κ3) is 3.41. The van der Waals surface area contributed by atoms with Gasteiger partial charge in [-0.25, -0.2) is 0 Å². The summed E-state index contributed by atoms with van der Waals surface area (Å²) in [7, 11) is 0.